The van der Waals surface area contributed by atoms with Gasteiger partial charge < -0.3 is 20.2 Å². The van der Waals surface area contributed by atoms with Crippen molar-refractivity contribution in [2.45, 2.75) is 51.3 Å². The van der Waals surface area contributed by atoms with E-state index in [-0.39, 0.29) is 11.8 Å². The number of benzene rings is 2. The summed E-state index contributed by atoms with van der Waals surface area (Å²) < 4.78 is 0. The smallest absolute Gasteiger partial charge is 0.254 e. The molecule has 0 aromatic heterocycles. The average Bonchev–Trinajstić information content (AvgIpc) is 2.86. The Morgan fingerprint density at radius 2 is 1.74 bits per heavy atom. The summed E-state index contributed by atoms with van der Waals surface area (Å²) in [6, 6.07) is 14.9. The van der Waals surface area contributed by atoms with Crippen LogP contribution in [0.4, 0.5) is 5.69 Å². The van der Waals surface area contributed by atoms with Gasteiger partial charge in [-0.2, -0.15) is 0 Å². The molecule has 0 saturated carbocycles. The van der Waals surface area contributed by atoms with Gasteiger partial charge >= 0.3 is 0 Å². The average molecular weight is 477 g/mol. The number of likely N-dealkylation sites (tertiary alicyclic amines) is 1. The fourth-order valence-corrected chi connectivity index (χ4v) is 5.68. The first-order chi connectivity index (χ1) is 17.0. The predicted octanol–water partition coefficient (Wildman–Crippen LogP) is 2.53. The Hall–Kier alpha value is -2.90. The zero-order chi connectivity index (χ0) is 24.4. The third kappa shape index (κ3) is 5.52. The van der Waals surface area contributed by atoms with Crippen LogP contribution in [0.25, 0.3) is 0 Å². The van der Waals surface area contributed by atoms with Gasteiger partial charge in [0.1, 0.15) is 0 Å². The number of amides is 2. The summed E-state index contributed by atoms with van der Waals surface area (Å²) in [7, 11) is 0. The lowest BCUT2D eigenvalue weighted by Gasteiger charge is -2.34. The van der Waals surface area contributed by atoms with E-state index < -0.39 is 6.10 Å². The molecule has 2 aromatic carbocycles. The Kier molecular flexibility index (Phi) is 7.07. The van der Waals surface area contributed by atoms with Crippen LogP contribution in [-0.4, -0.2) is 83.0 Å². The van der Waals surface area contributed by atoms with Gasteiger partial charge in [-0.25, -0.2) is 0 Å². The summed E-state index contributed by atoms with van der Waals surface area (Å²) in [5.74, 6) is 0.138. The van der Waals surface area contributed by atoms with Crippen molar-refractivity contribution in [3.8, 4) is 0 Å². The highest BCUT2D eigenvalue weighted by Gasteiger charge is 2.28. The number of hydrogen-bond acceptors (Lipinski definition) is 5. The third-order valence-corrected chi connectivity index (χ3v) is 7.70. The fraction of sp³-hybridized carbons (Fsp3) is 0.500. The zero-order valence-electron chi connectivity index (χ0n) is 20.6. The van der Waals surface area contributed by atoms with Gasteiger partial charge in [0, 0.05) is 70.0 Å². The highest BCUT2D eigenvalue weighted by molar-refractivity contribution is 5.97. The van der Waals surface area contributed by atoms with Crippen LogP contribution >= 0.6 is 0 Å². The second kappa shape index (κ2) is 10.4. The topological polar surface area (TPSA) is 76.1 Å². The highest BCUT2D eigenvalue weighted by atomic mass is 16.3. The summed E-state index contributed by atoms with van der Waals surface area (Å²) >= 11 is 0. The summed E-state index contributed by atoms with van der Waals surface area (Å²) in [4.78, 5) is 30.9. The molecule has 2 N–H and O–H groups in total. The van der Waals surface area contributed by atoms with E-state index in [1.807, 2.05) is 11.0 Å². The van der Waals surface area contributed by atoms with Gasteiger partial charge in [-0.05, 0) is 54.5 Å². The van der Waals surface area contributed by atoms with Gasteiger partial charge in [0.25, 0.3) is 5.91 Å². The van der Waals surface area contributed by atoms with Crippen molar-refractivity contribution in [3.63, 3.8) is 0 Å². The Balaban J connectivity index is 1.17. The van der Waals surface area contributed by atoms with Gasteiger partial charge in [-0.1, -0.05) is 30.3 Å². The van der Waals surface area contributed by atoms with Crippen molar-refractivity contribution < 1.29 is 14.7 Å². The van der Waals surface area contributed by atoms with E-state index in [0.717, 1.165) is 68.7 Å². The van der Waals surface area contributed by atoms with E-state index in [4.69, 9.17) is 0 Å². The van der Waals surface area contributed by atoms with Crippen LogP contribution in [0.5, 0.6) is 0 Å². The first kappa shape index (κ1) is 23.8. The molecule has 2 amide bonds. The molecule has 1 atom stereocenters. The largest absolute Gasteiger partial charge is 0.390 e. The molecular weight excluding hydrogens is 440 g/mol. The molecule has 0 aliphatic carbocycles. The number of aliphatic hydroxyl groups is 1. The van der Waals surface area contributed by atoms with Crippen LogP contribution in [0.1, 0.15) is 46.8 Å². The monoisotopic (exact) mass is 476 g/mol. The number of β-amino-alcohol motifs (C(OH)–C–C–N with tert-alkyl or cyclic N) is 1. The zero-order valence-corrected chi connectivity index (χ0v) is 20.6. The number of carbonyl (C=O) groups excluding carboxylic acids is 2. The minimum absolute atomic E-state index is 0.00402. The maximum absolute atomic E-state index is 13.3. The summed E-state index contributed by atoms with van der Waals surface area (Å²) in [6.07, 6.45) is 3.05. The molecule has 7 nitrogen and oxygen atoms in total. The molecule has 3 heterocycles. The van der Waals surface area contributed by atoms with Gasteiger partial charge in [-0.15, -0.1) is 0 Å². The highest BCUT2D eigenvalue weighted by Crippen LogP contribution is 2.25. The minimum atomic E-state index is -0.571. The number of carbonyl (C=O) groups is 2. The normalized spacial score (nSPS) is 19.8. The number of rotatable bonds is 6. The standard InChI is InChI=1S/C28H36N4O3/c1-20(33)31-14-10-24(11-15-31)29-25-7-6-22-9-13-32(28(35)27(22)16-25)19-26(34)18-30-12-8-21-4-2-3-5-23(21)17-30/h2-7,16,24,26,29,34H,8-15,17-19H2,1H3/t26-/m0/s1. The van der Waals surface area contributed by atoms with Crippen molar-refractivity contribution in [2.24, 2.45) is 0 Å². The maximum atomic E-state index is 13.3. The quantitative estimate of drug-likeness (QED) is 0.670. The van der Waals surface area contributed by atoms with Crippen LogP contribution in [0.15, 0.2) is 42.5 Å². The van der Waals surface area contributed by atoms with Gasteiger partial charge in [0.2, 0.25) is 5.91 Å². The van der Waals surface area contributed by atoms with Gasteiger partial charge in [0.05, 0.1) is 6.10 Å². The van der Waals surface area contributed by atoms with Crippen molar-refractivity contribution in [2.75, 3.05) is 44.6 Å². The van der Waals surface area contributed by atoms with Crippen molar-refractivity contribution in [1.82, 2.24) is 14.7 Å². The number of nitrogens with one attached hydrogen (secondary N) is 1. The second-order valence-corrected chi connectivity index (χ2v) is 10.2. The lowest BCUT2D eigenvalue weighted by Crippen LogP contribution is -2.46. The van der Waals surface area contributed by atoms with Gasteiger partial charge in [-0.3, -0.25) is 14.5 Å². The van der Waals surface area contributed by atoms with E-state index in [1.165, 1.54) is 11.1 Å². The van der Waals surface area contributed by atoms with Crippen LogP contribution < -0.4 is 5.32 Å². The number of anilines is 1. The Morgan fingerprint density at radius 3 is 2.51 bits per heavy atom. The molecular formula is C28H36N4O3. The number of hydrogen-bond donors (Lipinski definition) is 2. The number of piperidine rings is 1. The van der Waals surface area contributed by atoms with Crippen LogP contribution in [0, 0.1) is 0 Å². The molecule has 2 aromatic rings. The lowest BCUT2D eigenvalue weighted by atomic mass is 9.97. The predicted molar refractivity (Wildman–Crippen MR) is 136 cm³/mol. The molecule has 5 rings (SSSR count). The molecule has 186 valence electrons. The SMILES string of the molecule is CC(=O)N1CCC(Nc2ccc3c(c2)C(=O)N(C[C@@H](O)CN2CCc4ccccc4C2)CC3)CC1. The number of aliphatic hydroxyl groups excluding tert-OH is 1. The van der Waals surface area contributed by atoms with Crippen molar-refractivity contribution >= 4 is 17.5 Å². The van der Waals surface area contributed by atoms with E-state index in [9.17, 15) is 14.7 Å². The lowest BCUT2D eigenvalue weighted by molar-refractivity contribution is -0.129. The molecule has 0 bridgehead atoms. The van der Waals surface area contributed by atoms with Crippen LogP contribution in [0.2, 0.25) is 0 Å². The first-order valence-corrected chi connectivity index (χ1v) is 12.9. The van der Waals surface area contributed by atoms with E-state index in [0.29, 0.717) is 25.7 Å². The summed E-state index contributed by atoms with van der Waals surface area (Å²) in [5, 5.41) is 14.4. The summed E-state index contributed by atoms with van der Waals surface area (Å²) in [5.41, 5.74) is 5.50. The van der Waals surface area contributed by atoms with Crippen molar-refractivity contribution in [1.29, 1.82) is 0 Å². The Labute approximate surface area is 207 Å². The molecule has 0 spiro atoms. The number of fused-ring (bicyclic) bond motifs is 2. The fourth-order valence-electron chi connectivity index (χ4n) is 5.68. The van der Waals surface area contributed by atoms with E-state index >= 15 is 0 Å². The van der Waals surface area contributed by atoms with Crippen LogP contribution in [-0.2, 0) is 24.2 Å². The Bertz CT molecular complexity index is 1080. The molecule has 0 radical (unpaired) electrons. The number of nitrogens with zero attached hydrogens (tertiary/aromatic N) is 3. The Morgan fingerprint density at radius 1 is 1.00 bits per heavy atom. The molecule has 35 heavy (non-hydrogen) atoms. The second-order valence-electron chi connectivity index (χ2n) is 10.2. The minimum Gasteiger partial charge on any atom is -0.390 e. The summed E-state index contributed by atoms with van der Waals surface area (Å²) in [6.45, 7) is 6.52. The van der Waals surface area contributed by atoms with Crippen molar-refractivity contribution in [3.05, 3.63) is 64.7 Å². The molecule has 1 fully saturated rings. The molecule has 7 heteroatoms. The molecule has 1 saturated heterocycles. The molecule has 3 aliphatic rings. The maximum Gasteiger partial charge on any atom is 0.254 e. The third-order valence-electron chi connectivity index (χ3n) is 7.70. The van der Waals surface area contributed by atoms with Gasteiger partial charge in [0.15, 0.2) is 0 Å². The molecule has 0 unspecified atom stereocenters. The van der Waals surface area contributed by atoms with Crippen LogP contribution in [0.3, 0.4) is 0 Å². The first-order valence-electron chi connectivity index (χ1n) is 12.9. The van der Waals surface area contributed by atoms with E-state index in [2.05, 4.69) is 46.6 Å². The van der Waals surface area contributed by atoms with E-state index in [1.54, 1.807) is 11.8 Å². The molecule has 3 aliphatic heterocycles.